The monoisotopic (exact) mass is 209 g/mol. The van der Waals surface area contributed by atoms with Gasteiger partial charge in [0, 0.05) is 0 Å². The Kier molecular flexibility index (Phi) is 2.95. The lowest BCUT2D eigenvalue weighted by molar-refractivity contribution is 0.563. The second kappa shape index (κ2) is 4.56. The van der Waals surface area contributed by atoms with E-state index in [1.807, 2.05) is 0 Å². The van der Waals surface area contributed by atoms with Gasteiger partial charge in [0.1, 0.15) is 0 Å². The Labute approximate surface area is 94.1 Å². The molecule has 0 aliphatic heterocycles. The number of rotatable bonds is 0. The molecular formula is C14H11NO. The van der Waals surface area contributed by atoms with E-state index in [9.17, 15) is 0 Å². The summed E-state index contributed by atoms with van der Waals surface area (Å²) in [5, 5.41) is 5.40. The molecule has 2 aromatic rings. The van der Waals surface area contributed by atoms with Gasteiger partial charge in [0.15, 0.2) is 0 Å². The summed E-state index contributed by atoms with van der Waals surface area (Å²) in [4.78, 5) is 8.35. The van der Waals surface area contributed by atoms with Gasteiger partial charge in [-0.05, 0) is 28.7 Å². The van der Waals surface area contributed by atoms with Crippen LogP contribution < -0.4 is 0 Å². The Bertz CT molecular complexity index is 496. The molecule has 0 saturated carbocycles. The van der Waals surface area contributed by atoms with E-state index in [0.29, 0.717) is 0 Å². The van der Waals surface area contributed by atoms with Crippen LogP contribution in [-0.2, 0) is 11.2 Å². The van der Waals surface area contributed by atoms with Crippen LogP contribution >= 0.6 is 0 Å². The van der Waals surface area contributed by atoms with Crippen LogP contribution in [0.4, 0.5) is 0 Å². The summed E-state index contributed by atoms with van der Waals surface area (Å²) in [6.07, 6.45) is 1.85. The Morgan fingerprint density at radius 2 is 1.25 bits per heavy atom. The van der Waals surface area contributed by atoms with E-state index < -0.39 is 0 Å². The van der Waals surface area contributed by atoms with E-state index in [4.69, 9.17) is 10.2 Å². The molecule has 0 spiro atoms. The number of carbonyl (C=O) groups excluding carboxylic acids is 1. The second-order valence-corrected chi connectivity index (χ2v) is 3.59. The molecule has 0 amide bonds. The summed E-state index contributed by atoms with van der Waals surface area (Å²) in [6.45, 7) is 0. The minimum Gasteiger partial charge on any atom is -0.222 e. The predicted molar refractivity (Wildman–Crippen MR) is 63.1 cm³/mol. The van der Waals surface area contributed by atoms with Crippen LogP contribution in [0.5, 0.6) is 0 Å². The average molecular weight is 209 g/mol. The third-order valence-electron chi connectivity index (χ3n) is 2.71. The Morgan fingerprint density at radius 1 is 0.875 bits per heavy atom. The minimum absolute atomic E-state index is 0.750. The maximum Gasteiger partial charge on any atom is 0.231 e. The summed E-state index contributed by atoms with van der Waals surface area (Å²) in [7, 11) is 0. The van der Waals surface area contributed by atoms with Gasteiger partial charge in [-0.15, -0.1) is 0 Å². The highest BCUT2D eigenvalue weighted by Crippen LogP contribution is 2.35. The zero-order chi connectivity index (χ0) is 11.4. The molecule has 0 heterocycles. The Morgan fingerprint density at radius 3 is 1.69 bits per heavy atom. The first-order valence-corrected chi connectivity index (χ1v) is 5.07. The molecule has 78 valence electrons. The highest BCUT2D eigenvalue weighted by Gasteiger charge is 2.15. The summed E-state index contributed by atoms with van der Waals surface area (Å²) in [5.74, 6) is 0. The third-order valence-corrected chi connectivity index (χ3v) is 2.71. The lowest BCUT2D eigenvalue weighted by Crippen LogP contribution is -1.77. The molecule has 2 heteroatoms. The molecule has 2 aromatic carbocycles. The zero-order valence-electron chi connectivity index (χ0n) is 8.73. The first-order chi connectivity index (χ1) is 7.86. The summed E-state index contributed by atoms with van der Waals surface area (Å²) in [6, 6.07) is 17.3. The molecule has 16 heavy (non-hydrogen) atoms. The van der Waals surface area contributed by atoms with Gasteiger partial charge in [-0.2, -0.15) is 0 Å². The van der Waals surface area contributed by atoms with Crippen LogP contribution in [-0.4, -0.2) is 6.08 Å². The van der Waals surface area contributed by atoms with Crippen molar-refractivity contribution in [3.05, 3.63) is 59.7 Å². The molecule has 2 nitrogen and oxygen atoms in total. The van der Waals surface area contributed by atoms with Gasteiger partial charge in [0.25, 0.3) is 0 Å². The third kappa shape index (κ3) is 1.79. The smallest absolute Gasteiger partial charge is 0.222 e. The highest BCUT2D eigenvalue weighted by molar-refractivity contribution is 5.76. The largest absolute Gasteiger partial charge is 0.231 e. The zero-order valence-corrected chi connectivity index (χ0v) is 8.73. The van der Waals surface area contributed by atoms with Crippen LogP contribution in [0.25, 0.3) is 11.1 Å². The van der Waals surface area contributed by atoms with Gasteiger partial charge in [0.2, 0.25) is 6.08 Å². The van der Waals surface area contributed by atoms with E-state index in [1.54, 1.807) is 0 Å². The number of nitrogens with one attached hydrogen (secondary N) is 1. The molecule has 0 atom stereocenters. The van der Waals surface area contributed by atoms with Crippen molar-refractivity contribution in [1.29, 1.82) is 5.41 Å². The maximum atomic E-state index is 8.35. The van der Waals surface area contributed by atoms with Crippen molar-refractivity contribution in [2.45, 2.75) is 6.42 Å². The van der Waals surface area contributed by atoms with E-state index >= 15 is 0 Å². The quantitative estimate of drug-likeness (QED) is 0.448. The van der Waals surface area contributed by atoms with Gasteiger partial charge in [-0.3, -0.25) is 0 Å². The fraction of sp³-hybridized carbons (Fsp3) is 0.0714. The van der Waals surface area contributed by atoms with Crippen molar-refractivity contribution in [3.8, 4) is 11.1 Å². The van der Waals surface area contributed by atoms with E-state index in [2.05, 4.69) is 48.5 Å². The van der Waals surface area contributed by atoms with Crippen molar-refractivity contribution in [1.82, 2.24) is 0 Å². The predicted octanol–water partition coefficient (Wildman–Crippen LogP) is 3.16. The number of hydrogen-bond acceptors (Lipinski definition) is 2. The summed E-state index contributed by atoms with van der Waals surface area (Å²) < 4.78 is 0. The second-order valence-electron chi connectivity index (χ2n) is 3.59. The fourth-order valence-electron chi connectivity index (χ4n) is 2.08. The molecule has 0 unspecified atom stereocenters. The van der Waals surface area contributed by atoms with Gasteiger partial charge >= 0.3 is 0 Å². The van der Waals surface area contributed by atoms with E-state index in [-0.39, 0.29) is 0 Å². The Hall–Kier alpha value is -2.18. The van der Waals surface area contributed by atoms with Crippen LogP contribution in [0.3, 0.4) is 0 Å². The van der Waals surface area contributed by atoms with Crippen molar-refractivity contribution in [3.63, 3.8) is 0 Å². The molecule has 0 saturated heterocycles. The van der Waals surface area contributed by atoms with Crippen LogP contribution in [0.2, 0.25) is 0 Å². The van der Waals surface area contributed by atoms with E-state index in [1.165, 1.54) is 22.3 Å². The van der Waals surface area contributed by atoms with Crippen LogP contribution in [0, 0.1) is 5.41 Å². The molecular weight excluding hydrogens is 198 g/mol. The van der Waals surface area contributed by atoms with Gasteiger partial charge in [-0.25, -0.2) is 10.2 Å². The summed E-state index contributed by atoms with van der Waals surface area (Å²) >= 11 is 0. The summed E-state index contributed by atoms with van der Waals surface area (Å²) in [5.41, 5.74) is 5.75. The molecule has 0 bridgehead atoms. The Balaban J connectivity index is 0.000000292. The highest BCUT2D eigenvalue weighted by atomic mass is 16.1. The molecule has 0 radical (unpaired) electrons. The number of fused-ring (bicyclic) bond motifs is 3. The SMILES string of the molecule is N=C=O.c1ccc2c(c1)Cc1ccccc1-2. The topological polar surface area (TPSA) is 40.9 Å². The standard InChI is InChI=1S/C13H10.CHNO/c1-3-7-12-10(5-1)9-11-6-2-4-8-13(11)12;2-1-3/h1-8H,9H2;2H. The maximum absolute atomic E-state index is 8.35. The average Bonchev–Trinajstić information content (AvgIpc) is 2.68. The van der Waals surface area contributed by atoms with Crippen molar-refractivity contribution in [2.24, 2.45) is 0 Å². The van der Waals surface area contributed by atoms with Crippen LogP contribution in [0.15, 0.2) is 48.5 Å². The normalized spacial score (nSPS) is 10.5. The first-order valence-electron chi connectivity index (χ1n) is 5.07. The van der Waals surface area contributed by atoms with Crippen LogP contribution in [0.1, 0.15) is 11.1 Å². The van der Waals surface area contributed by atoms with Gasteiger partial charge in [-0.1, -0.05) is 48.5 Å². The molecule has 1 aliphatic carbocycles. The van der Waals surface area contributed by atoms with Crippen molar-refractivity contribution >= 4 is 6.08 Å². The molecule has 1 N–H and O–H groups in total. The number of benzene rings is 2. The molecule has 3 rings (SSSR count). The fourth-order valence-corrected chi connectivity index (χ4v) is 2.08. The number of hydrogen-bond donors (Lipinski definition) is 1. The van der Waals surface area contributed by atoms with E-state index in [0.717, 1.165) is 12.5 Å². The molecule has 0 fully saturated rings. The van der Waals surface area contributed by atoms with Gasteiger partial charge in [0.05, 0.1) is 0 Å². The molecule has 1 aliphatic rings. The lowest BCUT2D eigenvalue weighted by Gasteiger charge is -1.98. The minimum atomic E-state index is 0.750. The van der Waals surface area contributed by atoms with Gasteiger partial charge < -0.3 is 0 Å². The van der Waals surface area contributed by atoms with Crippen molar-refractivity contribution < 1.29 is 4.79 Å². The van der Waals surface area contributed by atoms with Crippen molar-refractivity contribution in [2.75, 3.05) is 0 Å². The molecule has 0 aromatic heterocycles. The first kappa shape index (κ1) is 10.3. The lowest BCUT2D eigenvalue weighted by atomic mass is 10.1. The number of isocyanates is 1.